The number of nitrogens with zero attached hydrogens (tertiary/aromatic N) is 2. The van der Waals surface area contributed by atoms with E-state index in [-0.39, 0.29) is 24.0 Å². The average molecular weight is 558 g/mol. The predicted molar refractivity (Wildman–Crippen MR) is 134 cm³/mol. The van der Waals surface area contributed by atoms with Gasteiger partial charge in [-0.2, -0.15) is 4.31 Å². The van der Waals surface area contributed by atoms with E-state index in [1.807, 2.05) is 36.4 Å². The highest BCUT2D eigenvalue weighted by molar-refractivity contribution is 14.0. The van der Waals surface area contributed by atoms with Crippen LogP contribution in [0.4, 0.5) is 0 Å². The number of nitrogens with one attached hydrogen (secondary N) is 2. The van der Waals surface area contributed by atoms with Crippen LogP contribution in [0.25, 0.3) is 0 Å². The fourth-order valence-electron chi connectivity index (χ4n) is 3.41. The van der Waals surface area contributed by atoms with E-state index in [9.17, 15) is 8.42 Å². The van der Waals surface area contributed by atoms with Crippen molar-refractivity contribution in [1.82, 2.24) is 14.9 Å². The van der Waals surface area contributed by atoms with Crippen molar-refractivity contribution in [3.63, 3.8) is 0 Å². The van der Waals surface area contributed by atoms with E-state index in [1.54, 1.807) is 30.6 Å². The van der Waals surface area contributed by atoms with Gasteiger partial charge in [-0.05, 0) is 48.2 Å². The van der Waals surface area contributed by atoms with E-state index in [0.717, 1.165) is 36.1 Å². The van der Waals surface area contributed by atoms with Gasteiger partial charge in [0.1, 0.15) is 5.75 Å². The second-order valence-corrected chi connectivity index (χ2v) is 9.18. The van der Waals surface area contributed by atoms with Crippen molar-refractivity contribution in [3.05, 3.63) is 59.7 Å². The molecule has 2 aromatic carbocycles. The smallest absolute Gasteiger partial charge is 0.243 e. The largest absolute Gasteiger partial charge is 0.497 e. The molecule has 2 aromatic rings. The summed E-state index contributed by atoms with van der Waals surface area (Å²) in [6.45, 7) is 2.38. The van der Waals surface area contributed by atoms with Gasteiger partial charge in [-0.25, -0.2) is 8.42 Å². The van der Waals surface area contributed by atoms with Crippen LogP contribution in [0.1, 0.15) is 30.4 Å². The van der Waals surface area contributed by atoms with Crippen LogP contribution < -0.4 is 15.4 Å². The number of hydrogen-bond acceptors (Lipinski definition) is 4. The number of aliphatic imine (C=N–C) groups is 1. The molecule has 1 saturated heterocycles. The zero-order valence-corrected chi connectivity index (χ0v) is 21.2. The van der Waals surface area contributed by atoms with Crippen molar-refractivity contribution >= 4 is 40.0 Å². The maximum absolute atomic E-state index is 12.7. The summed E-state index contributed by atoms with van der Waals surface area (Å²) in [4.78, 5) is 4.59. The summed E-state index contributed by atoms with van der Waals surface area (Å²) in [6.07, 6.45) is 2.97. The molecule has 1 heterocycles. The van der Waals surface area contributed by atoms with Crippen LogP contribution in [0.5, 0.6) is 5.75 Å². The van der Waals surface area contributed by atoms with Crippen LogP contribution in [0, 0.1) is 0 Å². The number of rotatable bonds is 7. The van der Waals surface area contributed by atoms with Crippen molar-refractivity contribution in [2.45, 2.75) is 37.2 Å². The zero-order chi connectivity index (χ0) is 21.4. The number of hydrogen-bond donors (Lipinski definition) is 2. The highest BCUT2D eigenvalue weighted by atomic mass is 127. The quantitative estimate of drug-likeness (QED) is 0.310. The van der Waals surface area contributed by atoms with Crippen LogP contribution in [-0.2, 0) is 23.1 Å². The van der Waals surface area contributed by atoms with Gasteiger partial charge in [-0.15, -0.1) is 24.0 Å². The molecular formula is C22H31IN4O3S. The van der Waals surface area contributed by atoms with Crippen LogP contribution in [-0.4, -0.2) is 45.9 Å². The average Bonchev–Trinajstić information content (AvgIpc) is 2.80. The summed E-state index contributed by atoms with van der Waals surface area (Å²) in [6, 6.07) is 14.9. The van der Waals surface area contributed by atoms with E-state index in [1.165, 1.54) is 0 Å². The molecule has 1 aliphatic heterocycles. The second kappa shape index (κ2) is 12.3. The van der Waals surface area contributed by atoms with Crippen LogP contribution in [0.15, 0.2) is 58.4 Å². The standard InChI is InChI=1S/C22H30N4O3S.HI/c1-23-22(25-17-19-7-6-8-20(15-19)29-2)24-16-18-9-11-21(12-10-18)30(27,28)26-13-4-3-5-14-26;/h6-12,15H,3-5,13-14,16-17H2,1-2H3,(H2,23,24,25);1H. The Kier molecular flexibility index (Phi) is 10.0. The Morgan fingerprint density at radius 3 is 2.26 bits per heavy atom. The van der Waals surface area contributed by atoms with E-state index in [0.29, 0.717) is 37.0 Å². The summed E-state index contributed by atoms with van der Waals surface area (Å²) >= 11 is 0. The summed E-state index contributed by atoms with van der Waals surface area (Å²) in [5.74, 6) is 1.49. The van der Waals surface area contributed by atoms with Gasteiger partial charge in [0.2, 0.25) is 10.0 Å². The maximum atomic E-state index is 12.7. The Bertz CT molecular complexity index is 959. The van der Waals surface area contributed by atoms with E-state index in [4.69, 9.17) is 4.74 Å². The maximum Gasteiger partial charge on any atom is 0.243 e. The monoisotopic (exact) mass is 558 g/mol. The molecule has 0 spiro atoms. The fraction of sp³-hybridized carbons (Fsp3) is 0.409. The molecule has 7 nitrogen and oxygen atoms in total. The Balaban J connectivity index is 0.00000341. The van der Waals surface area contributed by atoms with Gasteiger partial charge in [0.15, 0.2) is 5.96 Å². The minimum absolute atomic E-state index is 0. The molecule has 0 atom stereocenters. The Morgan fingerprint density at radius 2 is 1.65 bits per heavy atom. The summed E-state index contributed by atoms with van der Waals surface area (Å²) in [7, 11) is -0.0268. The molecule has 1 fully saturated rings. The first-order valence-corrected chi connectivity index (χ1v) is 11.6. The van der Waals surface area contributed by atoms with Gasteiger partial charge >= 0.3 is 0 Å². The molecule has 0 bridgehead atoms. The number of sulfonamides is 1. The predicted octanol–water partition coefficient (Wildman–Crippen LogP) is 3.35. The van der Waals surface area contributed by atoms with Crippen molar-refractivity contribution in [2.24, 2.45) is 4.99 Å². The second-order valence-electron chi connectivity index (χ2n) is 7.24. The molecule has 2 N–H and O–H groups in total. The molecule has 31 heavy (non-hydrogen) atoms. The summed E-state index contributed by atoms with van der Waals surface area (Å²) in [5, 5.41) is 6.52. The normalized spacial score (nSPS) is 15.1. The van der Waals surface area contributed by atoms with Crippen LogP contribution >= 0.6 is 24.0 Å². The number of methoxy groups -OCH3 is 1. The van der Waals surface area contributed by atoms with Gasteiger partial charge in [-0.3, -0.25) is 4.99 Å². The van der Waals surface area contributed by atoms with Gasteiger partial charge in [0.05, 0.1) is 12.0 Å². The number of piperidine rings is 1. The van der Waals surface area contributed by atoms with Gasteiger partial charge in [0.25, 0.3) is 0 Å². The van der Waals surface area contributed by atoms with E-state index >= 15 is 0 Å². The number of halogens is 1. The Morgan fingerprint density at radius 1 is 1.00 bits per heavy atom. The van der Waals surface area contributed by atoms with Crippen LogP contribution in [0.3, 0.4) is 0 Å². The molecule has 3 rings (SSSR count). The molecule has 9 heteroatoms. The Labute approximate surface area is 202 Å². The summed E-state index contributed by atoms with van der Waals surface area (Å²) in [5.41, 5.74) is 2.07. The highest BCUT2D eigenvalue weighted by Gasteiger charge is 2.25. The topological polar surface area (TPSA) is 83.0 Å². The molecule has 0 saturated carbocycles. The lowest BCUT2D eigenvalue weighted by molar-refractivity contribution is 0.346. The van der Waals surface area contributed by atoms with E-state index < -0.39 is 10.0 Å². The molecule has 0 aromatic heterocycles. The van der Waals surface area contributed by atoms with Gasteiger partial charge in [-0.1, -0.05) is 30.7 Å². The highest BCUT2D eigenvalue weighted by Crippen LogP contribution is 2.20. The van der Waals surface area contributed by atoms with Crippen molar-refractivity contribution in [1.29, 1.82) is 0 Å². The molecular weight excluding hydrogens is 527 g/mol. The first-order valence-electron chi connectivity index (χ1n) is 10.2. The molecule has 1 aliphatic rings. The molecule has 0 radical (unpaired) electrons. The SMILES string of the molecule is CN=C(NCc1ccc(S(=O)(=O)N2CCCCC2)cc1)NCc1cccc(OC)c1.I. The van der Waals surface area contributed by atoms with Gasteiger partial charge < -0.3 is 15.4 Å². The first kappa shape index (κ1) is 25.4. The van der Waals surface area contributed by atoms with Crippen molar-refractivity contribution in [2.75, 3.05) is 27.2 Å². The lowest BCUT2D eigenvalue weighted by atomic mass is 10.2. The third-order valence-corrected chi connectivity index (χ3v) is 7.07. The van der Waals surface area contributed by atoms with Crippen molar-refractivity contribution in [3.8, 4) is 5.75 Å². The minimum Gasteiger partial charge on any atom is -0.497 e. The van der Waals surface area contributed by atoms with Gasteiger partial charge in [0, 0.05) is 33.2 Å². The Hall–Kier alpha value is -1.85. The number of ether oxygens (including phenoxy) is 1. The lowest BCUT2D eigenvalue weighted by Crippen LogP contribution is -2.36. The third-order valence-electron chi connectivity index (χ3n) is 5.15. The molecule has 0 aliphatic carbocycles. The third kappa shape index (κ3) is 7.08. The first-order chi connectivity index (χ1) is 14.5. The number of guanidine groups is 1. The lowest BCUT2D eigenvalue weighted by Gasteiger charge is -2.25. The number of benzene rings is 2. The zero-order valence-electron chi connectivity index (χ0n) is 18.0. The minimum atomic E-state index is -3.39. The fourth-order valence-corrected chi connectivity index (χ4v) is 4.93. The van der Waals surface area contributed by atoms with Crippen LogP contribution in [0.2, 0.25) is 0 Å². The van der Waals surface area contributed by atoms with E-state index in [2.05, 4.69) is 15.6 Å². The molecule has 0 amide bonds. The molecule has 170 valence electrons. The van der Waals surface area contributed by atoms with Crippen molar-refractivity contribution < 1.29 is 13.2 Å². The summed E-state index contributed by atoms with van der Waals surface area (Å²) < 4.78 is 32.3. The molecule has 0 unspecified atom stereocenters.